The zero-order valence-corrected chi connectivity index (χ0v) is 13.7. The fraction of sp³-hybridized carbons (Fsp3) is 0.471. The molecule has 1 aromatic carbocycles. The molecule has 122 valence electrons. The Hall–Kier alpha value is -2.21. The van der Waals surface area contributed by atoms with E-state index in [-0.39, 0.29) is 5.91 Å². The maximum absolute atomic E-state index is 12.5. The lowest BCUT2D eigenvalue weighted by Crippen LogP contribution is -2.29. The number of rotatable bonds is 4. The number of nitrogens with zero attached hydrogens (tertiary/aromatic N) is 3. The van der Waals surface area contributed by atoms with Gasteiger partial charge in [0.05, 0.1) is 12.2 Å². The summed E-state index contributed by atoms with van der Waals surface area (Å²) in [5.41, 5.74) is 3.44. The quantitative estimate of drug-likeness (QED) is 0.909. The Kier molecular flexibility index (Phi) is 4.71. The lowest BCUT2D eigenvalue weighted by atomic mass is 10.1. The summed E-state index contributed by atoms with van der Waals surface area (Å²) >= 11 is 0. The van der Waals surface area contributed by atoms with Crippen LogP contribution in [0.25, 0.3) is 0 Å². The Labute approximate surface area is 136 Å². The van der Waals surface area contributed by atoms with Gasteiger partial charge in [-0.3, -0.25) is 4.79 Å². The highest BCUT2D eigenvalue weighted by Crippen LogP contribution is 2.22. The molecule has 2 aromatic rings. The molecule has 0 bridgehead atoms. The van der Waals surface area contributed by atoms with Crippen LogP contribution in [0.1, 0.15) is 47.4 Å². The van der Waals surface area contributed by atoms with Gasteiger partial charge in [-0.25, -0.2) is 4.68 Å². The van der Waals surface area contributed by atoms with Gasteiger partial charge in [0.25, 0.3) is 5.91 Å². The number of para-hydroxylation sites is 1. The molecule has 2 N–H and O–H groups in total. The minimum atomic E-state index is -0.200. The predicted molar refractivity (Wildman–Crippen MR) is 89.7 cm³/mol. The van der Waals surface area contributed by atoms with E-state index in [2.05, 4.69) is 27.9 Å². The Bertz CT molecular complexity index is 688. The number of benzene rings is 1. The van der Waals surface area contributed by atoms with E-state index in [9.17, 15) is 4.79 Å². The number of hydrogen-bond donors (Lipinski definition) is 2. The maximum atomic E-state index is 12.5. The fourth-order valence-corrected chi connectivity index (χ4v) is 3.01. The van der Waals surface area contributed by atoms with Crippen LogP contribution in [0.2, 0.25) is 0 Å². The van der Waals surface area contributed by atoms with Crippen LogP contribution < -0.4 is 10.6 Å². The van der Waals surface area contributed by atoms with E-state index >= 15 is 0 Å². The predicted octanol–water partition coefficient (Wildman–Crippen LogP) is 2.33. The van der Waals surface area contributed by atoms with Gasteiger partial charge >= 0.3 is 0 Å². The summed E-state index contributed by atoms with van der Waals surface area (Å²) in [6.45, 7) is 6.04. The van der Waals surface area contributed by atoms with Crippen molar-refractivity contribution in [3.63, 3.8) is 0 Å². The van der Waals surface area contributed by atoms with Crippen molar-refractivity contribution in [2.75, 3.05) is 18.4 Å². The number of anilines is 1. The summed E-state index contributed by atoms with van der Waals surface area (Å²) in [5.74, 6) is -0.200. The normalized spacial score (nSPS) is 15.6. The second kappa shape index (κ2) is 6.91. The molecule has 2 heterocycles. The molecular formula is C17H23N5O. The third-order valence-corrected chi connectivity index (χ3v) is 4.40. The van der Waals surface area contributed by atoms with E-state index in [1.165, 1.54) is 0 Å². The molecule has 1 aliphatic rings. The molecule has 0 unspecified atom stereocenters. The lowest BCUT2D eigenvalue weighted by molar-refractivity contribution is 0.102. The molecule has 0 atom stereocenters. The second-order valence-corrected chi connectivity index (χ2v) is 5.98. The van der Waals surface area contributed by atoms with Crippen LogP contribution in [0.5, 0.6) is 0 Å². The van der Waals surface area contributed by atoms with Crippen LogP contribution in [0.15, 0.2) is 24.4 Å². The molecule has 0 radical (unpaired) electrons. The van der Waals surface area contributed by atoms with Crippen LogP contribution in [0.4, 0.5) is 5.69 Å². The molecule has 6 nitrogen and oxygen atoms in total. The van der Waals surface area contributed by atoms with Gasteiger partial charge in [0.15, 0.2) is 5.69 Å². The molecular weight excluding hydrogens is 290 g/mol. The number of carbonyl (C=O) groups excluding carboxylic acids is 1. The van der Waals surface area contributed by atoms with Crippen LogP contribution in [-0.2, 0) is 6.42 Å². The number of aryl methyl sites for hydroxylation is 2. The van der Waals surface area contributed by atoms with Gasteiger partial charge in [-0.05, 0) is 50.4 Å². The third-order valence-electron chi connectivity index (χ3n) is 4.40. The molecule has 23 heavy (non-hydrogen) atoms. The lowest BCUT2D eigenvalue weighted by Gasteiger charge is -2.22. The van der Waals surface area contributed by atoms with Crippen molar-refractivity contribution in [2.24, 2.45) is 0 Å². The molecule has 0 saturated carbocycles. The van der Waals surface area contributed by atoms with Crippen LogP contribution >= 0.6 is 0 Å². The number of nitrogens with one attached hydrogen (secondary N) is 2. The van der Waals surface area contributed by atoms with E-state index in [4.69, 9.17) is 0 Å². The van der Waals surface area contributed by atoms with Gasteiger partial charge in [0, 0.05) is 5.69 Å². The number of hydrogen-bond acceptors (Lipinski definition) is 4. The fourth-order valence-electron chi connectivity index (χ4n) is 3.01. The standard InChI is InChI=1S/C17H23N5O/c1-3-13-6-4-5-12(2)16(13)19-17(23)15-11-22(21-20-15)14-7-9-18-10-8-14/h4-6,11,14,18H,3,7-10H2,1-2H3,(H,19,23). The Balaban J connectivity index is 1.75. The zero-order chi connectivity index (χ0) is 16.2. The summed E-state index contributed by atoms with van der Waals surface area (Å²) in [5, 5.41) is 14.5. The van der Waals surface area contributed by atoms with Crippen molar-refractivity contribution in [2.45, 2.75) is 39.2 Å². The molecule has 1 aliphatic heterocycles. The summed E-state index contributed by atoms with van der Waals surface area (Å²) in [6.07, 6.45) is 4.67. The van der Waals surface area contributed by atoms with Crippen molar-refractivity contribution in [1.82, 2.24) is 20.3 Å². The molecule has 6 heteroatoms. The average molecular weight is 313 g/mol. The van der Waals surface area contributed by atoms with Crippen molar-refractivity contribution in [3.8, 4) is 0 Å². The molecule has 3 rings (SSSR count). The number of piperidine rings is 1. The van der Waals surface area contributed by atoms with Crippen molar-refractivity contribution < 1.29 is 4.79 Å². The minimum Gasteiger partial charge on any atom is -0.320 e. The van der Waals surface area contributed by atoms with E-state index in [1.54, 1.807) is 6.20 Å². The molecule has 0 aliphatic carbocycles. The third kappa shape index (κ3) is 3.42. The van der Waals surface area contributed by atoms with Crippen molar-refractivity contribution in [3.05, 3.63) is 41.2 Å². The minimum absolute atomic E-state index is 0.200. The highest BCUT2D eigenvalue weighted by atomic mass is 16.2. The largest absolute Gasteiger partial charge is 0.320 e. The van der Waals surface area contributed by atoms with E-state index in [0.717, 1.165) is 49.2 Å². The van der Waals surface area contributed by atoms with E-state index in [0.29, 0.717) is 11.7 Å². The van der Waals surface area contributed by atoms with Gasteiger partial charge in [-0.1, -0.05) is 30.3 Å². The second-order valence-electron chi connectivity index (χ2n) is 5.98. The first-order chi connectivity index (χ1) is 11.2. The first-order valence-corrected chi connectivity index (χ1v) is 8.21. The van der Waals surface area contributed by atoms with Gasteiger partial charge in [-0.2, -0.15) is 0 Å². The van der Waals surface area contributed by atoms with Gasteiger partial charge < -0.3 is 10.6 Å². The highest BCUT2D eigenvalue weighted by molar-refractivity contribution is 6.03. The zero-order valence-electron chi connectivity index (χ0n) is 13.7. The van der Waals surface area contributed by atoms with E-state index in [1.807, 2.05) is 29.8 Å². The monoisotopic (exact) mass is 313 g/mol. The number of amides is 1. The van der Waals surface area contributed by atoms with Gasteiger partial charge in [0.2, 0.25) is 0 Å². The SMILES string of the molecule is CCc1cccc(C)c1NC(=O)c1cn(C2CCNCC2)nn1. The summed E-state index contributed by atoms with van der Waals surface area (Å²) in [7, 11) is 0. The highest BCUT2D eigenvalue weighted by Gasteiger charge is 2.19. The average Bonchev–Trinajstić information content (AvgIpc) is 3.07. The van der Waals surface area contributed by atoms with Crippen LogP contribution in [0.3, 0.4) is 0 Å². The first kappa shape index (κ1) is 15.7. The Morgan fingerprint density at radius 3 is 2.91 bits per heavy atom. The Morgan fingerprint density at radius 2 is 2.17 bits per heavy atom. The molecule has 1 aromatic heterocycles. The van der Waals surface area contributed by atoms with Gasteiger partial charge in [0.1, 0.15) is 0 Å². The first-order valence-electron chi connectivity index (χ1n) is 8.21. The Morgan fingerprint density at radius 1 is 1.39 bits per heavy atom. The van der Waals surface area contributed by atoms with Crippen LogP contribution in [0, 0.1) is 6.92 Å². The maximum Gasteiger partial charge on any atom is 0.277 e. The van der Waals surface area contributed by atoms with E-state index < -0.39 is 0 Å². The number of carbonyl (C=O) groups is 1. The van der Waals surface area contributed by atoms with Gasteiger partial charge in [-0.15, -0.1) is 5.10 Å². The van der Waals surface area contributed by atoms with Crippen molar-refractivity contribution in [1.29, 1.82) is 0 Å². The smallest absolute Gasteiger partial charge is 0.277 e. The molecule has 1 fully saturated rings. The molecule has 1 amide bonds. The summed E-state index contributed by atoms with van der Waals surface area (Å²) in [4.78, 5) is 12.5. The topological polar surface area (TPSA) is 71.8 Å². The van der Waals surface area contributed by atoms with Crippen molar-refractivity contribution >= 4 is 11.6 Å². The molecule has 0 spiro atoms. The summed E-state index contributed by atoms with van der Waals surface area (Å²) in [6, 6.07) is 6.38. The number of aromatic nitrogens is 3. The van der Waals surface area contributed by atoms with Crippen LogP contribution in [-0.4, -0.2) is 34.0 Å². The molecule has 1 saturated heterocycles. The summed E-state index contributed by atoms with van der Waals surface area (Å²) < 4.78 is 1.83.